The highest BCUT2D eigenvalue weighted by Gasteiger charge is 2.21. The van der Waals surface area contributed by atoms with E-state index in [1.807, 2.05) is 32.0 Å². The third-order valence-corrected chi connectivity index (χ3v) is 4.25. The number of phenols is 1. The minimum absolute atomic E-state index is 0. The highest BCUT2D eigenvalue weighted by Crippen LogP contribution is 2.27. The van der Waals surface area contributed by atoms with Crippen molar-refractivity contribution in [3.63, 3.8) is 0 Å². The lowest BCUT2D eigenvalue weighted by Gasteiger charge is -2.37. The first-order chi connectivity index (χ1) is 12.0. The predicted molar refractivity (Wildman–Crippen MR) is 117 cm³/mol. The molecule has 2 rings (SSSR count). The van der Waals surface area contributed by atoms with Crippen LogP contribution in [0, 0.1) is 5.92 Å². The van der Waals surface area contributed by atoms with Crippen LogP contribution in [0.3, 0.4) is 0 Å². The largest absolute Gasteiger partial charge is 0.506 e. The molecule has 1 aromatic rings. The zero-order valence-electron chi connectivity index (χ0n) is 15.7. The summed E-state index contributed by atoms with van der Waals surface area (Å²) < 4.78 is 0. The molecule has 0 spiro atoms. The number of halogens is 1. The van der Waals surface area contributed by atoms with Gasteiger partial charge in [0.05, 0.1) is 5.69 Å². The molecule has 1 fully saturated rings. The number of rotatable bonds is 5. The molecule has 0 bridgehead atoms. The molecule has 7 nitrogen and oxygen atoms in total. The van der Waals surface area contributed by atoms with Gasteiger partial charge < -0.3 is 25.5 Å². The Kier molecular flexibility index (Phi) is 9.53. The van der Waals surface area contributed by atoms with Crippen molar-refractivity contribution in [3.05, 3.63) is 24.3 Å². The average molecular weight is 475 g/mol. The van der Waals surface area contributed by atoms with Crippen LogP contribution in [0.2, 0.25) is 0 Å². The summed E-state index contributed by atoms with van der Waals surface area (Å²) >= 11 is 0. The molecule has 146 valence electrons. The van der Waals surface area contributed by atoms with E-state index in [9.17, 15) is 9.90 Å². The van der Waals surface area contributed by atoms with Crippen LogP contribution in [0.1, 0.15) is 13.8 Å². The van der Waals surface area contributed by atoms with Crippen molar-refractivity contribution < 1.29 is 9.90 Å². The molecule has 1 aliphatic rings. The lowest BCUT2D eigenvalue weighted by Crippen LogP contribution is -2.53. The van der Waals surface area contributed by atoms with Crippen molar-refractivity contribution in [1.82, 2.24) is 15.5 Å². The second kappa shape index (κ2) is 11.1. The van der Waals surface area contributed by atoms with Gasteiger partial charge in [-0.2, -0.15) is 0 Å². The highest BCUT2D eigenvalue weighted by atomic mass is 127. The lowest BCUT2D eigenvalue weighted by atomic mass is 10.2. The van der Waals surface area contributed by atoms with Gasteiger partial charge in [-0.1, -0.05) is 26.0 Å². The van der Waals surface area contributed by atoms with Gasteiger partial charge in [-0.15, -0.1) is 24.0 Å². The van der Waals surface area contributed by atoms with E-state index >= 15 is 0 Å². The Morgan fingerprint density at radius 2 is 1.77 bits per heavy atom. The summed E-state index contributed by atoms with van der Waals surface area (Å²) in [6, 6.07) is 7.43. The fourth-order valence-electron chi connectivity index (χ4n) is 2.79. The van der Waals surface area contributed by atoms with Gasteiger partial charge >= 0.3 is 0 Å². The predicted octanol–water partition coefficient (Wildman–Crippen LogP) is 1.48. The Morgan fingerprint density at radius 3 is 2.35 bits per heavy atom. The van der Waals surface area contributed by atoms with E-state index in [1.54, 1.807) is 13.1 Å². The minimum Gasteiger partial charge on any atom is -0.506 e. The van der Waals surface area contributed by atoms with Crippen molar-refractivity contribution in [2.45, 2.75) is 13.8 Å². The number of aromatic hydroxyl groups is 1. The molecule has 3 N–H and O–H groups in total. The smallest absolute Gasteiger partial charge is 0.222 e. The molecule has 1 heterocycles. The van der Waals surface area contributed by atoms with E-state index in [-0.39, 0.29) is 35.8 Å². The number of carbonyl (C=O) groups is 1. The lowest BCUT2D eigenvalue weighted by molar-refractivity contribution is -0.123. The molecular formula is C18H30IN5O2. The SMILES string of the molecule is CN=C(NCCNC(=O)C(C)C)N1CCN(c2ccccc2O)CC1.I. The molecule has 0 atom stereocenters. The average Bonchev–Trinajstić information content (AvgIpc) is 2.62. The fourth-order valence-corrected chi connectivity index (χ4v) is 2.79. The van der Waals surface area contributed by atoms with Crippen LogP contribution in [0.4, 0.5) is 5.69 Å². The van der Waals surface area contributed by atoms with Crippen molar-refractivity contribution >= 4 is 41.5 Å². The molecule has 0 saturated carbocycles. The topological polar surface area (TPSA) is 80.2 Å². The Hall–Kier alpha value is -1.71. The first kappa shape index (κ1) is 22.3. The van der Waals surface area contributed by atoms with Crippen molar-refractivity contribution in [1.29, 1.82) is 0 Å². The molecular weight excluding hydrogens is 445 g/mol. The molecule has 26 heavy (non-hydrogen) atoms. The van der Waals surface area contributed by atoms with Gasteiger partial charge in [0.25, 0.3) is 0 Å². The summed E-state index contributed by atoms with van der Waals surface area (Å²) in [5.74, 6) is 1.23. The van der Waals surface area contributed by atoms with Gasteiger partial charge in [-0.3, -0.25) is 9.79 Å². The number of hydrogen-bond donors (Lipinski definition) is 3. The van der Waals surface area contributed by atoms with Gasteiger partial charge in [0, 0.05) is 52.2 Å². The molecule has 8 heteroatoms. The Bertz CT molecular complexity index is 601. The maximum absolute atomic E-state index is 11.6. The second-order valence-electron chi connectivity index (χ2n) is 6.38. The van der Waals surface area contributed by atoms with E-state index in [2.05, 4.69) is 25.4 Å². The van der Waals surface area contributed by atoms with E-state index in [0.717, 1.165) is 37.8 Å². The first-order valence-corrected chi connectivity index (χ1v) is 8.79. The summed E-state index contributed by atoms with van der Waals surface area (Å²) in [5, 5.41) is 16.2. The Balaban J connectivity index is 0.00000338. The number of piperazine rings is 1. The number of nitrogens with zero attached hydrogens (tertiary/aromatic N) is 3. The number of hydrogen-bond acceptors (Lipinski definition) is 4. The van der Waals surface area contributed by atoms with E-state index in [1.165, 1.54) is 0 Å². The number of amides is 1. The molecule has 1 aromatic carbocycles. The fraction of sp³-hybridized carbons (Fsp3) is 0.556. The van der Waals surface area contributed by atoms with Crippen LogP contribution in [0.5, 0.6) is 5.75 Å². The van der Waals surface area contributed by atoms with Crippen LogP contribution in [0.15, 0.2) is 29.3 Å². The summed E-state index contributed by atoms with van der Waals surface area (Å²) in [5.41, 5.74) is 0.876. The zero-order valence-corrected chi connectivity index (χ0v) is 18.1. The van der Waals surface area contributed by atoms with Crippen LogP contribution >= 0.6 is 24.0 Å². The highest BCUT2D eigenvalue weighted by molar-refractivity contribution is 14.0. The van der Waals surface area contributed by atoms with Crippen molar-refractivity contribution in [2.24, 2.45) is 10.9 Å². The summed E-state index contributed by atoms with van der Waals surface area (Å²) in [4.78, 5) is 20.3. The maximum atomic E-state index is 11.6. The van der Waals surface area contributed by atoms with Crippen LogP contribution in [-0.2, 0) is 4.79 Å². The number of phenolic OH excluding ortho intramolecular Hbond substituents is 1. The molecule has 0 unspecified atom stereocenters. The summed E-state index contributed by atoms with van der Waals surface area (Å²) in [6.07, 6.45) is 0. The quantitative estimate of drug-likeness (QED) is 0.260. The summed E-state index contributed by atoms with van der Waals surface area (Å²) in [6.45, 7) is 8.28. The summed E-state index contributed by atoms with van der Waals surface area (Å²) in [7, 11) is 1.77. The van der Waals surface area contributed by atoms with Gasteiger partial charge in [0.1, 0.15) is 5.75 Å². The number of anilines is 1. The Morgan fingerprint density at radius 1 is 1.15 bits per heavy atom. The van der Waals surface area contributed by atoms with E-state index < -0.39 is 0 Å². The van der Waals surface area contributed by atoms with Crippen LogP contribution < -0.4 is 15.5 Å². The number of guanidine groups is 1. The maximum Gasteiger partial charge on any atom is 0.222 e. The van der Waals surface area contributed by atoms with Gasteiger partial charge in [-0.25, -0.2) is 0 Å². The van der Waals surface area contributed by atoms with Crippen molar-refractivity contribution in [3.8, 4) is 5.75 Å². The van der Waals surface area contributed by atoms with Gasteiger partial charge in [0.15, 0.2) is 5.96 Å². The van der Waals surface area contributed by atoms with E-state index in [4.69, 9.17) is 0 Å². The third kappa shape index (κ3) is 6.22. The Labute approximate surface area is 172 Å². The second-order valence-corrected chi connectivity index (χ2v) is 6.38. The molecule has 1 amide bonds. The van der Waals surface area contributed by atoms with Gasteiger partial charge in [-0.05, 0) is 12.1 Å². The third-order valence-electron chi connectivity index (χ3n) is 4.25. The minimum atomic E-state index is 0. The number of nitrogens with one attached hydrogen (secondary N) is 2. The molecule has 0 aliphatic carbocycles. The number of para-hydroxylation sites is 2. The number of carbonyl (C=O) groups excluding carboxylic acids is 1. The first-order valence-electron chi connectivity index (χ1n) is 8.79. The normalized spacial score (nSPS) is 14.8. The standard InChI is InChI=1S/C18H29N5O2.HI/c1-14(2)17(25)20-8-9-21-18(19-3)23-12-10-22(11-13-23)15-6-4-5-7-16(15)24;/h4-7,14,24H,8-13H2,1-3H3,(H,19,21)(H,20,25);1H. The molecule has 1 aliphatic heterocycles. The molecule has 0 aromatic heterocycles. The van der Waals surface area contributed by atoms with Crippen LogP contribution in [0.25, 0.3) is 0 Å². The monoisotopic (exact) mass is 475 g/mol. The van der Waals surface area contributed by atoms with Gasteiger partial charge in [0.2, 0.25) is 5.91 Å². The molecule has 1 saturated heterocycles. The van der Waals surface area contributed by atoms with Crippen LogP contribution in [-0.4, -0.2) is 68.2 Å². The number of aliphatic imine (C=N–C) groups is 1. The molecule has 0 radical (unpaired) electrons. The number of benzene rings is 1. The van der Waals surface area contributed by atoms with Crippen molar-refractivity contribution in [2.75, 3.05) is 51.2 Å². The zero-order chi connectivity index (χ0) is 18.2. The van der Waals surface area contributed by atoms with E-state index in [0.29, 0.717) is 18.8 Å².